The Balaban J connectivity index is 1.45. The molecule has 0 saturated carbocycles. The van der Waals surface area contributed by atoms with Gasteiger partial charge in [0.1, 0.15) is 5.82 Å². The number of urea groups is 1. The average Bonchev–Trinajstić information content (AvgIpc) is 2.73. The topological polar surface area (TPSA) is 95.0 Å². The maximum atomic E-state index is 13.1. The van der Waals surface area contributed by atoms with E-state index in [1.165, 1.54) is 18.2 Å². The molecule has 3 rings (SSSR count). The number of carbonyl (C=O) groups excluding carboxylic acids is 2. The first kappa shape index (κ1) is 19.7. The summed E-state index contributed by atoms with van der Waals surface area (Å²) in [5.74, 6) is -0.928. The van der Waals surface area contributed by atoms with Crippen LogP contribution >= 0.6 is 0 Å². The number of benzene rings is 3. The zero-order valence-electron chi connectivity index (χ0n) is 15.3. The van der Waals surface area contributed by atoms with E-state index in [-0.39, 0.29) is 6.54 Å². The number of carbonyl (C=O) groups is 2. The second-order valence-corrected chi connectivity index (χ2v) is 5.95. The summed E-state index contributed by atoms with van der Waals surface area (Å²) in [6.45, 7) is -0.258. The molecule has 0 saturated heterocycles. The van der Waals surface area contributed by atoms with Gasteiger partial charge in [-0.2, -0.15) is 10.2 Å². The highest BCUT2D eigenvalue weighted by Gasteiger charge is 2.07. The van der Waals surface area contributed by atoms with Gasteiger partial charge in [-0.15, -0.1) is 0 Å². The Morgan fingerprint density at radius 2 is 1.45 bits per heavy atom. The molecular weight excluding hydrogens is 373 g/mol. The lowest BCUT2D eigenvalue weighted by Crippen LogP contribution is -2.35. The molecule has 7 nitrogen and oxygen atoms in total. The first-order valence-electron chi connectivity index (χ1n) is 8.75. The summed E-state index contributed by atoms with van der Waals surface area (Å²) < 4.78 is 13.1. The van der Waals surface area contributed by atoms with Gasteiger partial charge >= 0.3 is 6.03 Å². The van der Waals surface area contributed by atoms with Crippen LogP contribution in [0.25, 0.3) is 0 Å². The number of hydrogen-bond acceptors (Lipinski definition) is 4. The summed E-state index contributed by atoms with van der Waals surface area (Å²) >= 11 is 0. The van der Waals surface area contributed by atoms with Crippen molar-refractivity contribution in [1.29, 1.82) is 0 Å². The highest BCUT2D eigenvalue weighted by molar-refractivity contribution is 5.96. The third-order valence-corrected chi connectivity index (χ3v) is 3.68. The van der Waals surface area contributed by atoms with Crippen LogP contribution < -0.4 is 16.0 Å². The fourth-order valence-electron chi connectivity index (χ4n) is 2.33. The van der Waals surface area contributed by atoms with Crippen molar-refractivity contribution < 1.29 is 14.0 Å². The lowest BCUT2D eigenvalue weighted by Gasteiger charge is -2.08. The van der Waals surface area contributed by atoms with Gasteiger partial charge in [-0.1, -0.05) is 24.3 Å². The van der Waals surface area contributed by atoms with E-state index < -0.39 is 17.8 Å². The second kappa shape index (κ2) is 9.75. The number of hydrogen-bond donors (Lipinski definition) is 3. The number of rotatable bonds is 6. The number of halogens is 1. The van der Waals surface area contributed by atoms with Crippen molar-refractivity contribution in [1.82, 2.24) is 5.32 Å². The lowest BCUT2D eigenvalue weighted by atomic mass is 10.3. The van der Waals surface area contributed by atoms with E-state index in [9.17, 15) is 14.0 Å². The monoisotopic (exact) mass is 391 g/mol. The molecule has 29 heavy (non-hydrogen) atoms. The number of amides is 3. The zero-order valence-corrected chi connectivity index (χ0v) is 15.3. The van der Waals surface area contributed by atoms with Crippen LogP contribution in [0.4, 0.5) is 31.9 Å². The Labute approximate surface area is 166 Å². The molecule has 0 fully saturated rings. The molecule has 0 aliphatic carbocycles. The fourth-order valence-corrected chi connectivity index (χ4v) is 2.33. The van der Waals surface area contributed by atoms with Gasteiger partial charge in [0.05, 0.1) is 17.9 Å². The van der Waals surface area contributed by atoms with Crippen LogP contribution in [0.5, 0.6) is 0 Å². The van der Waals surface area contributed by atoms with Crippen LogP contribution in [0.3, 0.4) is 0 Å². The van der Waals surface area contributed by atoms with Crippen LogP contribution in [-0.2, 0) is 4.79 Å². The molecule has 3 aromatic carbocycles. The third kappa shape index (κ3) is 6.55. The number of nitrogens with zero attached hydrogens (tertiary/aromatic N) is 2. The summed E-state index contributed by atoms with van der Waals surface area (Å²) in [4.78, 5) is 23.7. The third-order valence-electron chi connectivity index (χ3n) is 3.68. The van der Waals surface area contributed by atoms with E-state index in [1.807, 2.05) is 30.3 Å². The van der Waals surface area contributed by atoms with Gasteiger partial charge < -0.3 is 16.0 Å². The van der Waals surface area contributed by atoms with E-state index in [2.05, 4.69) is 26.2 Å². The molecule has 0 aromatic heterocycles. The van der Waals surface area contributed by atoms with Gasteiger partial charge in [0.2, 0.25) is 5.91 Å². The Morgan fingerprint density at radius 1 is 0.759 bits per heavy atom. The molecule has 0 spiro atoms. The Bertz CT molecular complexity index is 1010. The zero-order chi connectivity index (χ0) is 20.5. The van der Waals surface area contributed by atoms with E-state index in [1.54, 1.807) is 30.3 Å². The van der Waals surface area contributed by atoms with Gasteiger partial charge in [0.15, 0.2) is 0 Å². The largest absolute Gasteiger partial charge is 0.329 e. The Morgan fingerprint density at radius 3 is 2.14 bits per heavy atom. The van der Waals surface area contributed by atoms with Crippen LogP contribution in [0.2, 0.25) is 0 Å². The number of anilines is 2. The van der Waals surface area contributed by atoms with E-state index in [0.29, 0.717) is 17.1 Å². The van der Waals surface area contributed by atoms with Crippen molar-refractivity contribution in [2.75, 3.05) is 17.2 Å². The number of azo groups is 1. The highest BCUT2D eigenvalue weighted by Crippen LogP contribution is 2.20. The molecule has 0 radical (unpaired) electrons. The molecule has 0 aliphatic heterocycles. The molecular formula is C21H18FN5O2. The van der Waals surface area contributed by atoms with E-state index in [4.69, 9.17) is 0 Å². The van der Waals surface area contributed by atoms with Crippen molar-refractivity contribution in [3.8, 4) is 0 Å². The summed E-state index contributed by atoms with van der Waals surface area (Å²) in [5, 5.41) is 15.8. The molecule has 146 valence electrons. The van der Waals surface area contributed by atoms with Gasteiger partial charge in [-0.05, 0) is 54.6 Å². The van der Waals surface area contributed by atoms with Gasteiger partial charge in [-0.3, -0.25) is 4.79 Å². The van der Waals surface area contributed by atoms with Crippen LogP contribution in [-0.4, -0.2) is 18.5 Å². The minimum atomic E-state index is -0.543. The molecule has 0 heterocycles. The van der Waals surface area contributed by atoms with Crippen molar-refractivity contribution in [3.05, 3.63) is 84.7 Å². The lowest BCUT2D eigenvalue weighted by molar-refractivity contribution is -0.115. The van der Waals surface area contributed by atoms with Gasteiger partial charge in [0, 0.05) is 11.4 Å². The first-order chi connectivity index (χ1) is 14.1. The normalized spacial score (nSPS) is 10.5. The summed E-state index contributed by atoms with van der Waals surface area (Å²) in [6, 6.07) is 21.0. The maximum absolute atomic E-state index is 13.1. The molecule has 3 N–H and O–H groups in total. The molecule has 3 amide bonds. The molecule has 0 unspecified atom stereocenters. The molecule has 0 bridgehead atoms. The predicted molar refractivity (Wildman–Crippen MR) is 109 cm³/mol. The second-order valence-electron chi connectivity index (χ2n) is 5.95. The minimum absolute atomic E-state index is 0.258. The van der Waals surface area contributed by atoms with Crippen molar-refractivity contribution in [3.63, 3.8) is 0 Å². The molecule has 0 atom stereocenters. The summed E-state index contributed by atoms with van der Waals surface area (Å²) in [7, 11) is 0. The van der Waals surface area contributed by atoms with Crippen molar-refractivity contribution >= 4 is 34.7 Å². The quantitative estimate of drug-likeness (QED) is 0.516. The SMILES string of the molecule is O=C(CNC(=O)Nc1ccc(N=Nc2ccccc2)cc1)Nc1cccc(F)c1. The highest BCUT2D eigenvalue weighted by atomic mass is 19.1. The van der Waals surface area contributed by atoms with Crippen molar-refractivity contribution in [2.24, 2.45) is 10.2 Å². The minimum Gasteiger partial charge on any atom is -0.329 e. The first-order valence-corrected chi connectivity index (χ1v) is 8.75. The van der Waals surface area contributed by atoms with E-state index in [0.717, 1.165) is 5.69 Å². The molecule has 8 heteroatoms. The predicted octanol–water partition coefficient (Wildman–Crippen LogP) is 5.00. The van der Waals surface area contributed by atoms with Crippen molar-refractivity contribution in [2.45, 2.75) is 0 Å². The van der Waals surface area contributed by atoms with Gasteiger partial charge in [-0.25, -0.2) is 9.18 Å². The average molecular weight is 391 g/mol. The summed E-state index contributed by atoms with van der Waals surface area (Å²) in [5.41, 5.74) is 2.23. The molecule has 3 aromatic rings. The molecule has 0 aliphatic rings. The fraction of sp³-hybridized carbons (Fsp3) is 0.0476. The Hall–Kier alpha value is -4.07. The van der Waals surface area contributed by atoms with Crippen LogP contribution in [0.15, 0.2) is 89.1 Å². The number of nitrogens with one attached hydrogen (secondary N) is 3. The summed E-state index contributed by atoms with van der Waals surface area (Å²) in [6.07, 6.45) is 0. The standard InChI is InChI=1S/C21H18FN5O2/c22-15-5-4-8-19(13-15)24-20(28)14-23-21(29)25-16-9-11-18(12-10-16)27-26-17-6-2-1-3-7-17/h1-13H,14H2,(H,24,28)(H2,23,25,29). The van der Waals surface area contributed by atoms with Gasteiger partial charge in [0.25, 0.3) is 0 Å². The Kier molecular flexibility index (Phi) is 6.62. The van der Waals surface area contributed by atoms with E-state index >= 15 is 0 Å². The van der Waals surface area contributed by atoms with Crippen LogP contribution in [0.1, 0.15) is 0 Å². The smallest absolute Gasteiger partial charge is 0.319 e. The maximum Gasteiger partial charge on any atom is 0.319 e. The van der Waals surface area contributed by atoms with Crippen LogP contribution in [0, 0.1) is 5.82 Å².